The van der Waals surface area contributed by atoms with Crippen LogP contribution in [0.2, 0.25) is 6.04 Å². The second kappa shape index (κ2) is 12.5. The highest BCUT2D eigenvalue weighted by Crippen LogP contribution is 2.18. The number of hydrogen-bond donors (Lipinski definition) is 0. The van der Waals surface area contributed by atoms with Gasteiger partial charge in [0.1, 0.15) is 17.5 Å². The standard InChI is InChI=1S/C18H29F3O2Si/c1-3-10-22-24(23-11-4-2)12-8-6-5-7-9-16-17(20)13-15(19)14-18(16)21/h13-14,24H,3-12H2,1-2H3. The summed E-state index contributed by atoms with van der Waals surface area (Å²) in [7, 11) is -1.56. The molecule has 0 aliphatic rings. The first-order valence-corrected chi connectivity index (χ1v) is 10.7. The monoisotopic (exact) mass is 362 g/mol. The number of hydrogen-bond acceptors (Lipinski definition) is 2. The summed E-state index contributed by atoms with van der Waals surface area (Å²) in [5, 5.41) is 0. The molecule has 0 fully saturated rings. The van der Waals surface area contributed by atoms with Crippen LogP contribution >= 0.6 is 0 Å². The van der Waals surface area contributed by atoms with Crippen LogP contribution in [0.3, 0.4) is 0 Å². The van der Waals surface area contributed by atoms with Crippen molar-refractivity contribution in [3.8, 4) is 0 Å². The molecule has 0 N–H and O–H groups in total. The maximum Gasteiger partial charge on any atom is 0.321 e. The summed E-state index contributed by atoms with van der Waals surface area (Å²) in [4.78, 5) is 0. The van der Waals surface area contributed by atoms with Gasteiger partial charge >= 0.3 is 9.28 Å². The van der Waals surface area contributed by atoms with E-state index in [1.807, 2.05) is 0 Å². The number of unbranched alkanes of at least 4 members (excludes halogenated alkanes) is 3. The van der Waals surface area contributed by atoms with Crippen LogP contribution in [0.5, 0.6) is 0 Å². The largest absolute Gasteiger partial charge is 0.397 e. The molecule has 24 heavy (non-hydrogen) atoms. The Morgan fingerprint density at radius 1 is 0.833 bits per heavy atom. The smallest absolute Gasteiger partial charge is 0.321 e. The van der Waals surface area contributed by atoms with Crippen molar-refractivity contribution in [3.63, 3.8) is 0 Å². The van der Waals surface area contributed by atoms with Gasteiger partial charge < -0.3 is 8.85 Å². The Hall–Kier alpha value is -0.853. The van der Waals surface area contributed by atoms with Gasteiger partial charge in [-0.25, -0.2) is 13.2 Å². The molecule has 1 aromatic carbocycles. The van der Waals surface area contributed by atoms with Crippen LogP contribution in [-0.4, -0.2) is 22.5 Å². The molecule has 0 saturated carbocycles. The molecule has 0 saturated heterocycles. The normalized spacial score (nSPS) is 11.4. The third-order valence-corrected chi connectivity index (χ3v) is 5.83. The van der Waals surface area contributed by atoms with Gasteiger partial charge in [0.25, 0.3) is 0 Å². The molecule has 0 aliphatic heterocycles. The van der Waals surface area contributed by atoms with Crippen molar-refractivity contribution in [2.45, 2.75) is 64.8 Å². The van der Waals surface area contributed by atoms with E-state index in [1.165, 1.54) is 0 Å². The molecule has 0 heterocycles. The van der Waals surface area contributed by atoms with Crippen LogP contribution in [0.4, 0.5) is 13.2 Å². The van der Waals surface area contributed by atoms with Crippen molar-refractivity contribution in [1.82, 2.24) is 0 Å². The van der Waals surface area contributed by atoms with E-state index >= 15 is 0 Å². The minimum Gasteiger partial charge on any atom is -0.397 e. The molecule has 6 heteroatoms. The van der Waals surface area contributed by atoms with E-state index in [9.17, 15) is 13.2 Å². The van der Waals surface area contributed by atoms with E-state index in [0.29, 0.717) is 12.8 Å². The average molecular weight is 363 g/mol. The van der Waals surface area contributed by atoms with Gasteiger partial charge in [-0.05, 0) is 31.7 Å². The number of benzene rings is 1. The maximum atomic E-state index is 13.5. The SMILES string of the molecule is CCCO[SiH](CCCCCCc1c(F)cc(F)cc1F)OCCC. The van der Waals surface area contributed by atoms with Crippen LogP contribution in [0, 0.1) is 17.5 Å². The summed E-state index contributed by atoms with van der Waals surface area (Å²) < 4.78 is 51.5. The lowest BCUT2D eigenvalue weighted by Gasteiger charge is -2.16. The second-order valence-electron chi connectivity index (χ2n) is 5.97. The predicted octanol–water partition coefficient (Wildman–Crippen LogP) is 5.28. The molecule has 0 unspecified atom stereocenters. The fourth-order valence-electron chi connectivity index (χ4n) is 2.49. The van der Waals surface area contributed by atoms with Crippen molar-refractivity contribution in [2.24, 2.45) is 0 Å². The average Bonchev–Trinajstić information content (AvgIpc) is 2.54. The van der Waals surface area contributed by atoms with E-state index in [4.69, 9.17) is 8.85 Å². The zero-order chi connectivity index (χ0) is 17.8. The van der Waals surface area contributed by atoms with Gasteiger partial charge in [0, 0.05) is 30.9 Å². The summed E-state index contributed by atoms with van der Waals surface area (Å²) in [6, 6.07) is 2.45. The van der Waals surface area contributed by atoms with Crippen molar-refractivity contribution in [1.29, 1.82) is 0 Å². The molecule has 0 amide bonds. The summed E-state index contributed by atoms with van der Waals surface area (Å²) in [6.07, 6.45) is 5.87. The molecule has 0 aliphatic carbocycles. The molecule has 138 valence electrons. The van der Waals surface area contributed by atoms with Crippen molar-refractivity contribution in [3.05, 3.63) is 35.1 Å². The molecule has 2 nitrogen and oxygen atoms in total. The minimum absolute atomic E-state index is 0.0128. The Bertz CT molecular complexity index is 441. The van der Waals surface area contributed by atoms with Gasteiger partial charge in [-0.15, -0.1) is 0 Å². The van der Waals surface area contributed by atoms with Gasteiger partial charge in [-0.1, -0.05) is 33.1 Å². The van der Waals surface area contributed by atoms with E-state index in [-0.39, 0.29) is 5.56 Å². The van der Waals surface area contributed by atoms with E-state index in [1.54, 1.807) is 0 Å². The first-order chi connectivity index (χ1) is 11.6. The zero-order valence-electron chi connectivity index (χ0n) is 14.8. The van der Waals surface area contributed by atoms with Gasteiger partial charge in [0.15, 0.2) is 0 Å². The van der Waals surface area contributed by atoms with E-state index in [2.05, 4.69) is 13.8 Å². The third-order valence-electron chi connectivity index (χ3n) is 3.74. The molecule has 0 aromatic heterocycles. The molecule has 0 atom stereocenters. The molecular formula is C18H29F3O2Si. The van der Waals surface area contributed by atoms with Crippen LogP contribution < -0.4 is 0 Å². The van der Waals surface area contributed by atoms with Gasteiger partial charge in [0.2, 0.25) is 0 Å². The number of rotatable bonds is 13. The van der Waals surface area contributed by atoms with Crippen molar-refractivity contribution < 1.29 is 22.0 Å². The third kappa shape index (κ3) is 8.31. The Balaban J connectivity index is 2.23. The Morgan fingerprint density at radius 2 is 1.38 bits per heavy atom. The first-order valence-electron chi connectivity index (χ1n) is 8.95. The van der Waals surface area contributed by atoms with Gasteiger partial charge in [0.05, 0.1) is 0 Å². The summed E-state index contributed by atoms with van der Waals surface area (Å²) in [5.41, 5.74) is -0.0128. The highest BCUT2D eigenvalue weighted by atomic mass is 28.3. The zero-order valence-corrected chi connectivity index (χ0v) is 15.9. The van der Waals surface area contributed by atoms with Crippen molar-refractivity contribution >= 4 is 9.28 Å². The second-order valence-corrected chi connectivity index (χ2v) is 8.08. The molecule has 0 radical (unpaired) electrons. The lowest BCUT2D eigenvalue weighted by Crippen LogP contribution is -2.23. The van der Waals surface area contributed by atoms with Crippen LogP contribution in [-0.2, 0) is 15.3 Å². The lowest BCUT2D eigenvalue weighted by molar-refractivity contribution is 0.195. The fourth-order valence-corrected chi connectivity index (χ4v) is 4.54. The first kappa shape index (κ1) is 21.2. The Kier molecular flexibility index (Phi) is 11.0. The molecule has 0 bridgehead atoms. The number of halogens is 3. The topological polar surface area (TPSA) is 18.5 Å². The van der Waals surface area contributed by atoms with E-state index in [0.717, 1.165) is 63.5 Å². The predicted molar refractivity (Wildman–Crippen MR) is 92.9 cm³/mol. The van der Waals surface area contributed by atoms with Gasteiger partial charge in [-0.3, -0.25) is 0 Å². The summed E-state index contributed by atoms with van der Waals surface area (Å²) >= 11 is 0. The Labute approximate surface area is 145 Å². The molecule has 1 aromatic rings. The molecular weight excluding hydrogens is 333 g/mol. The van der Waals surface area contributed by atoms with Crippen molar-refractivity contribution in [2.75, 3.05) is 13.2 Å². The summed E-state index contributed by atoms with van der Waals surface area (Å²) in [6.45, 7) is 5.67. The maximum absolute atomic E-state index is 13.5. The minimum atomic E-state index is -1.56. The van der Waals surface area contributed by atoms with E-state index < -0.39 is 26.7 Å². The molecule has 0 spiro atoms. The quantitative estimate of drug-likeness (QED) is 0.351. The lowest BCUT2D eigenvalue weighted by atomic mass is 10.1. The highest BCUT2D eigenvalue weighted by Gasteiger charge is 2.13. The Morgan fingerprint density at radius 3 is 1.92 bits per heavy atom. The van der Waals surface area contributed by atoms with Crippen LogP contribution in [0.15, 0.2) is 12.1 Å². The fraction of sp³-hybridized carbons (Fsp3) is 0.667. The van der Waals surface area contributed by atoms with Gasteiger partial charge in [-0.2, -0.15) is 0 Å². The highest BCUT2D eigenvalue weighted by molar-refractivity contribution is 6.44. The molecule has 1 rings (SSSR count). The summed E-state index contributed by atoms with van der Waals surface area (Å²) in [5.74, 6) is -2.45. The van der Waals surface area contributed by atoms with Crippen LogP contribution in [0.1, 0.15) is 57.9 Å². The van der Waals surface area contributed by atoms with Crippen LogP contribution in [0.25, 0.3) is 0 Å².